The average molecular weight is 317 g/mol. The number of aryl methyl sites for hydroxylation is 1. The summed E-state index contributed by atoms with van der Waals surface area (Å²) < 4.78 is 1.79. The van der Waals surface area contributed by atoms with Crippen LogP contribution in [-0.4, -0.2) is 20.9 Å². The quantitative estimate of drug-likeness (QED) is 0.942. The molecule has 1 aliphatic carbocycles. The van der Waals surface area contributed by atoms with Crippen molar-refractivity contribution in [3.8, 4) is 0 Å². The molecule has 1 heterocycles. The Morgan fingerprint density at radius 2 is 2.14 bits per heavy atom. The van der Waals surface area contributed by atoms with E-state index in [0.29, 0.717) is 11.6 Å². The fourth-order valence-electron chi connectivity index (χ4n) is 2.80. The molecule has 1 fully saturated rings. The van der Waals surface area contributed by atoms with Gasteiger partial charge in [-0.15, -0.1) is 0 Å². The third-order valence-corrected chi connectivity index (χ3v) is 5.16. The summed E-state index contributed by atoms with van der Waals surface area (Å²) in [6, 6.07) is 6.68. The standard InChI is InChI=1S/C16H19N3O2S/c1-19-16(17-13-9-5-8-12(10-13)15(20)21)22-14(18-19)11-6-3-2-4-7-11/h5,8-11H,2-4,6-7H2,1H3,(H,20,21). The lowest BCUT2D eigenvalue weighted by Crippen LogP contribution is -2.11. The van der Waals surface area contributed by atoms with E-state index in [2.05, 4.69) is 10.1 Å². The van der Waals surface area contributed by atoms with E-state index in [0.717, 1.165) is 9.81 Å². The number of hydrogen-bond acceptors (Lipinski definition) is 4. The number of nitrogens with zero attached hydrogens (tertiary/aromatic N) is 3. The molecule has 5 nitrogen and oxygen atoms in total. The van der Waals surface area contributed by atoms with Crippen LogP contribution in [0, 0.1) is 0 Å². The number of carboxylic acid groups (broad SMARTS) is 1. The van der Waals surface area contributed by atoms with Crippen LogP contribution in [0.5, 0.6) is 0 Å². The van der Waals surface area contributed by atoms with Gasteiger partial charge in [-0.25, -0.2) is 14.5 Å². The number of benzene rings is 1. The zero-order valence-electron chi connectivity index (χ0n) is 12.5. The largest absolute Gasteiger partial charge is 0.478 e. The Hall–Kier alpha value is -1.95. The van der Waals surface area contributed by atoms with Crippen molar-refractivity contribution in [2.75, 3.05) is 0 Å². The molecule has 0 atom stereocenters. The number of carboxylic acids is 1. The van der Waals surface area contributed by atoms with Crippen LogP contribution in [0.2, 0.25) is 0 Å². The summed E-state index contributed by atoms with van der Waals surface area (Å²) in [7, 11) is 1.89. The Kier molecular flexibility index (Phi) is 4.38. The maximum atomic E-state index is 11.0. The van der Waals surface area contributed by atoms with Gasteiger partial charge in [0, 0.05) is 13.0 Å². The van der Waals surface area contributed by atoms with Crippen LogP contribution in [0.1, 0.15) is 53.4 Å². The zero-order chi connectivity index (χ0) is 15.5. The first-order valence-corrected chi connectivity index (χ1v) is 8.37. The van der Waals surface area contributed by atoms with Crippen molar-refractivity contribution in [1.29, 1.82) is 0 Å². The monoisotopic (exact) mass is 317 g/mol. The fourth-order valence-corrected chi connectivity index (χ4v) is 3.88. The van der Waals surface area contributed by atoms with Crippen LogP contribution >= 0.6 is 11.3 Å². The van der Waals surface area contributed by atoms with Gasteiger partial charge in [0.2, 0.25) is 4.80 Å². The lowest BCUT2D eigenvalue weighted by Gasteiger charge is -2.18. The highest BCUT2D eigenvalue weighted by Gasteiger charge is 2.19. The van der Waals surface area contributed by atoms with E-state index >= 15 is 0 Å². The minimum atomic E-state index is -0.936. The molecule has 116 valence electrons. The van der Waals surface area contributed by atoms with Crippen molar-refractivity contribution >= 4 is 23.0 Å². The third-order valence-electron chi connectivity index (χ3n) is 3.99. The number of hydrogen-bond donors (Lipinski definition) is 1. The molecular formula is C16H19N3O2S. The number of aromatic nitrogens is 2. The summed E-state index contributed by atoms with van der Waals surface area (Å²) in [4.78, 5) is 16.4. The summed E-state index contributed by atoms with van der Waals surface area (Å²) in [6.45, 7) is 0. The molecule has 1 aromatic carbocycles. The topological polar surface area (TPSA) is 67.5 Å². The van der Waals surface area contributed by atoms with Crippen molar-refractivity contribution in [2.24, 2.45) is 12.0 Å². The first kappa shape index (κ1) is 15.0. The third kappa shape index (κ3) is 3.27. The van der Waals surface area contributed by atoms with Crippen molar-refractivity contribution in [3.05, 3.63) is 39.6 Å². The second-order valence-corrected chi connectivity index (χ2v) is 6.64. The lowest BCUT2D eigenvalue weighted by atomic mass is 9.90. The van der Waals surface area contributed by atoms with Crippen LogP contribution < -0.4 is 4.80 Å². The summed E-state index contributed by atoms with van der Waals surface area (Å²) in [5, 5.41) is 14.8. The first-order valence-electron chi connectivity index (χ1n) is 7.55. The molecule has 6 heteroatoms. The van der Waals surface area contributed by atoms with Gasteiger partial charge in [-0.05, 0) is 31.0 Å². The minimum Gasteiger partial charge on any atom is -0.478 e. The van der Waals surface area contributed by atoms with Crippen molar-refractivity contribution in [3.63, 3.8) is 0 Å². The van der Waals surface area contributed by atoms with Crippen LogP contribution in [0.25, 0.3) is 0 Å². The second kappa shape index (κ2) is 6.44. The molecule has 3 rings (SSSR count). The molecule has 0 unspecified atom stereocenters. The molecule has 0 aliphatic heterocycles. The van der Waals surface area contributed by atoms with Gasteiger partial charge >= 0.3 is 5.97 Å². The summed E-state index contributed by atoms with van der Waals surface area (Å²) in [5.41, 5.74) is 0.898. The molecule has 1 saturated carbocycles. The Labute approximate surface area is 133 Å². The van der Waals surface area contributed by atoms with Gasteiger partial charge in [0.1, 0.15) is 5.01 Å². The van der Waals surface area contributed by atoms with E-state index < -0.39 is 5.97 Å². The molecule has 1 aromatic heterocycles. The van der Waals surface area contributed by atoms with Crippen molar-refractivity contribution in [1.82, 2.24) is 9.78 Å². The van der Waals surface area contributed by atoms with E-state index in [1.54, 1.807) is 34.2 Å². The molecule has 0 spiro atoms. The second-order valence-electron chi connectivity index (χ2n) is 5.65. The smallest absolute Gasteiger partial charge is 0.335 e. The summed E-state index contributed by atoms with van der Waals surface area (Å²) in [5.74, 6) is -0.382. The molecule has 2 aromatic rings. The number of aromatic carboxylic acids is 1. The van der Waals surface area contributed by atoms with Crippen molar-refractivity contribution in [2.45, 2.75) is 38.0 Å². The highest BCUT2D eigenvalue weighted by Crippen LogP contribution is 2.32. The van der Waals surface area contributed by atoms with Crippen LogP contribution in [0.15, 0.2) is 29.3 Å². The first-order chi connectivity index (χ1) is 10.6. The van der Waals surface area contributed by atoms with E-state index in [4.69, 9.17) is 5.11 Å². The normalized spacial score (nSPS) is 16.9. The Bertz CT molecular complexity index is 742. The Morgan fingerprint density at radius 3 is 2.86 bits per heavy atom. The van der Waals surface area contributed by atoms with Gasteiger partial charge < -0.3 is 5.11 Å². The van der Waals surface area contributed by atoms with Gasteiger partial charge in [0.05, 0.1) is 11.3 Å². The van der Waals surface area contributed by atoms with Gasteiger partial charge in [0.15, 0.2) is 0 Å². The molecule has 1 aliphatic rings. The van der Waals surface area contributed by atoms with Gasteiger partial charge in [-0.3, -0.25) is 0 Å². The Balaban J connectivity index is 1.92. The van der Waals surface area contributed by atoms with E-state index in [9.17, 15) is 4.79 Å². The van der Waals surface area contributed by atoms with Crippen LogP contribution in [-0.2, 0) is 7.05 Å². The van der Waals surface area contributed by atoms with Crippen molar-refractivity contribution < 1.29 is 9.90 Å². The van der Waals surface area contributed by atoms with Gasteiger partial charge in [-0.2, -0.15) is 5.10 Å². The van der Waals surface area contributed by atoms with E-state index in [1.807, 2.05) is 13.1 Å². The summed E-state index contributed by atoms with van der Waals surface area (Å²) in [6.07, 6.45) is 6.30. The highest BCUT2D eigenvalue weighted by atomic mass is 32.1. The molecule has 0 radical (unpaired) electrons. The predicted molar refractivity (Wildman–Crippen MR) is 85.5 cm³/mol. The minimum absolute atomic E-state index is 0.251. The summed E-state index contributed by atoms with van der Waals surface area (Å²) >= 11 is 1.61. The SMILES string of the molecule is Cn1nc(C2CCCCC2)sc1=Nc1cccc(C(=O)O)c1. The molecular weight excluding hydrogens is 298 g/mol. The highest BCUT2D eigenvalue weighted by molar-refractivity contribution is 7.08. The zero-order valence-corrected chi connectivity index (χ0v) is 13.3. The van der Waals surface area contributed by atoms with Crippen LogP contribution in [0.4, 0.5) is 5.69 Å². The maximum Gasteiger partial charge on any atom is 0.335 e. The fraction of sp³-hybridized carbons (Fsp3) is 0.438. The molecule has 1 N–H and O–H groups in total. The van der Waals surface area contributed by atoms with Gasteiger partial charge in [-0.1, -0.05) is 36.7 Å². The maximum absolute atomic E-state index is 11.0. The molecule has 0 bridgehead atoms. The molecule has 0 amide bonds. The van der Waals surface area contributed by atoms with Crippen LogP contribution in [0.3, 0.4) is 0 Å². The van der Waals surface area contributed by atoms with E-state index in [1.165, 1.54) is 32.1 Å². The number of carbonyl (C=O) groups is 1. The average Bonchev–Trinajstić information content (AvgIpc) is 2.89. The number of rotatable bonds is 3. The lowest BCUT2D eigenvalue weighted by molar-refractivity contribution is 0.0697. The molecule has 22 heavy (non-hydrogen) atoms. The Morgan fingerprint density at radius 1 is 1.36 bits per heavy atom. The van der Waals surface area contributed by atoms with E-state index in [-0.39, 0.29) is 5.56 Å². The molecule has 0 saturated heterocycles. The van der Waals surface area contributed by atoms with Gasteiger partial charge in [0.25, 0.3) is 0 Å². The predicted octanol–water partition coefficient (Wildman–Crippen LogP) is 3.46.